The average molecular weight is 308 g/mol. The molecular formula is C18H20N4O. The van der Waals surface area contributed by atoms with Gasteiger partial charge in [-0.3, -0.25) is 14.8 Å². The highest BCUT2D eigenvalue weighted by Crippen LogP contribution is 2.22. The first-order chi connectivity index (χ1) is 11.3. The molecule has 23 heavy (non-hydrogen) atoms. The molecule has 2 heterocycles. The first-order valence-corrected chi connectivity index (χ1v) is 7.83. The Bertz CT molecular complexity index is 657. The minimum atomic E-state index is -0.0891. The van der Waals surface area contributed by atoms with Crippen LogP contribution in [-0.4, -0.2) is 35.5 Å². The third kappa shape index (κ3) is 4.39. The van der Waals surface area contributed by atoms with E-state index in [0.717, 1.165) is 19.5 Å². The van der Waals surface area contributed by atoms with E-state index >= 15 is 0 Å². The molecule has 1 aliphatic rings. The van der Waals surface area contributed by atoms with Crippen LogP contribution in [0.25, 0.3) is 6.08 Å². The van der Waals surface area contributed by atoms with Gasteiger partial charge in [0.05, 0.1) is 11.9 Å². The van der Waals surface area contributed by atoms with Gasteiger partial charge in [-0.05, 0) is 30.5 Å². The van der Waals surface area contributed by atoms with Gasteiger partial charge in [-0.1, -0.05) is 18.2 Å². The maximum atomic E-state index is 11.9. The number of anilines is 1. The molecule has 1 atom stereocenters. The van der Waals surface area contributed by atoms with Crippen molar-refractivity contribution in [3.05, 3.63) is 60.7 Å². The van der Waals surface area contributed by atoms with Crippen LogP contribution in [-0.2, 0) is 4.79 Å². The summed E-state index contributed by atoms with van der Waals surface area (Å²) in [6.45, 7) is 2.73. The number of nitrogens with zero attached hydrogens (tertiary/aromatic N) is 3. The van der Waals surface area contributed by atoms with E-state index in [4.69, 9.17) is 0 Å². The number of hydrogen-bond donors (Lipinski definition) is 1. The van der Waals surface area contributed by atoms with Crippen LogP contribution in [0.2, 0.25) is 0 Å². The summed E-state index contributed by atoms with van der Waals surface area (Å²) in [6.07, 6.45) is 9.12. The summed E-state index contributed by atoms with van der Waals surface area (Å²) >= 11 is 0. The largest absolute Gasteiger partial charge is 0.371 e. The molecule has 0 radical (unpaired) electrons. The fraction of sp³-hybridized carbons (Fsp3) is 0.278. The van der Waals surface area contributed by atoms with E-state index in [2.05, 4.69) is 44.5 Å². The molecule has 1 saturated heterocycles. The first kappa shape index (κ1) is 15.2. The van der Waals surface area contributed by atoms with Crippen LogP contribution in [0.4, 0.5) is 5.69 Å². The summed E-state index contributed by atoms with van der Waals surface area (Å²) in [5.74, 6) is 0.401. The van der Waals surface area contributed by atoms with Crippen molar-refractivity contribution >= 4 is 17.7 Å². The van der Waals surface area contributed by atoms with Crippen LogP contribution in [0.1, 0.15) is 12.1 Å². The SMILES string of the molecule is O=C(/C=C/c1cnccn1)NCC1CCN(c2ccccc2)C1. The summed E-state index contributed by atoms with van der Waals surface area (Å²) in [4.78, 5) is 22.3. The van der Waals surface area contributed by atoms with Crippen molar-refractivity contribution in [2.45, 2.75) is 6.42 Å². The van der Waals surface area contributed by atoms with Gasteiger partial charge in [0.2, 0.25) is 5.91 Å². The lowest BCUT2D eigenvalue weighted by molar-refractivity contribution is -0.116. The van der Waals surface area contributed by atoms with Gasteiger partial charge in [0.1, 0.15) is 0 Å². The van der Waals surface area contributed by atoms with Crippen LogP contribution in [0.3, 0.4) is 0 Å². The average Bonchev–Trinajstić information content (AvgIpc) is 3.09. The zero-order valence-corrected chi connectivity index (χ0v) is 12.9. The van der Waals surface area contributed by atoms with Crippen molar-refractivity contribution in [1.82, 2.24) is 15.3 Å². The first-order valence-electron chi connectivity index (χ1n) is 7.83. The molecule has 5 nitrogen and oxygen atoms in total. The van der Waals surface area contributed by atoms with Gasteiger partial charge in [-0.25, -0.2) is 0 Å². The molecule has 3 rings (SSSR count). The van der Waals surface area contributed by atoms with Gasteiger partial charge < -0.3 is 10.2 Å². The van der Waals surface area contributed by atoms with Gasteiger partial charge in [0.25, 0.3) is 0 Å². The number of carbonyl (C=O) groups excluding carboxylic acids is 1. The van der Waals surface area contributed by atoms with Crippen molar-refractivity contribution in [2.24, 2.45) is 5.92 Å². The molecule has 1 aliphatic heterocycles. The second-order valence-corrected chi connectivity index (χ2v) is 5.65. The Morgan fingerprint density at radius 3 is 2.96 bits per heavy atom. The van der Waals surface area contributed by atoms with Gasteiger partial charge in [0.15, 0.2) is 0 Å². The Hall–Kier alpha value is -2.69. The fourth-order valence-electron chi connectivity index (χ4n) is 2.73. The molecule has 1 aromatic heterocycles. The Morgan fingerprint density at radius 2 is 2.17 bits per heavy atom. The number of benzene rings is 1. The molecular weight excluding hydrogens is 288 g/mol. The van der Waals surface area contributed by atoms with Crippen molar-refractivity contribution in [2.75, 3.05) is 24.5 Å². The molecule has 118 valence electrons. The number of carbonyl (C=O) groups is 1. The predicted octanol–water partition coefficient (Wildman–Crippen LogP) is 2.13. The zero-order chi connectivity index (χ0) is 15.9. The quantitative estimate of drug-likeness (QED) is 0.860. The summed E-state index contributed by atoms with van der Waals surface area (Å²) in [7, 11) is 0. The molecule has 5 heteroatoms. The fourth-order valence-corrected chi connectivity index (χ4v) is 2.73. The van der Waals surface area contributed by atoms with E-state index in [-0.39, 0.29) is 5.91 Å². The van der Waals surface area contributed by atoms with Crippen LogP contribution < -0.4 is 10.2 Å². The van der Waals surface area contributed by atoms with Crippen molar-refractivity contribution in [3.8, 4) is 0 Å². The maximum absolute atomic E-state index is 11.9. The lowest BCUT2D eigenvalue weighted by Crippen LogP contribution is -2.29. The normalized spacial score (nSPS) is 17.6. The summed E-state index contributed by atoms with van der Waals surface area (Å²) < 4.78 is 0. The lowest BCUT2D eigenvalue weighted by Gasteiger charge is -2.18. The van der Waals surface area contributed by atoms with E-state index < -0.39 is 0 Å². The third-order valence-corrected chi connectivity index (χ3v) is 3.96. The van der Waals surface area contributed by atoms with E-state index in [1.807, 2.05) is 6.07 Å². The highest BCUT2D eigenvalue weighted by Gasteiger charge is 2.22. The molecule has 1 unspecified atom stereocenters. The lowest BCUT2D eigenvalue weighted by atomic mass is 10.1. The molecule has 0 aliphatic carbocycles. The van der Waals surface area contributed by atoms with Crippen LogP contribution in [0.15, 0.2) is 55.0 Å². The standard InChI is InChI=1S/C18H20N4O/c23-18(7-6-16-13-19-9-10-20-16)21-12-15-8-11-22(14-15)17-4-2-1-3-5-17/h1-7,9-10,13,15H,8,11-12,14H2,(H,21,23)/b7-6+. The smallest absolute Gasteiger partial charge is 0.244 e. The Kier molecular flexibility index (Phi) is 4.99. The maximum Gasteiger partial charge on any atom is 0.244 e. The van der Waals surface area contributed by atoms with E-state index in [0.29, 0.717) is 18.2 Å². The van der Waals surface area contributed by atoms with E-state index in [1.165, 1.54) is 11.8 Å². The number of amides is 1. The second-order valence-electron chi connectivity index (χ2n) is 5.65. The zero-order valence-electron chi connectivity index (χ0n) is 12.9. The number of rotatable bonds is 5. The monoisotopic (exact) mass is 308 g/mol. The van der Waals surface area contributed by atoms with Gasteiger partial charge >= 0.3 is 0 Å². The van der Waals surface area contributed by atoms with Crippen LogP contribution in [0, 0.1) is 5.92 Å². The summed E-state index contributed by atoms with van der Waals surface area (Å²) in [5.41, 5.74) is 1.93. The molecule has 1 N–H and O–H groups in total. The van der Waals surface area contributed by atoms with Gasteiger partial charge in [-0.15, -0.1) is 0 Å². The Balaban J connectivity index is 1.44. The number of hydrogen-bond acceptors (Lipinski definition) is 4. The number of para-hydroxylation sites is 1. The molecule has 0 spiro atoms. The molecule has 0 bridgehead atoms. The highest BCUT2D eigenvalue weighted by atomic mass is 16.1. The van der Waals surface area contributed by atoms with E-state index in [9.17, 15) is 4.79 Å². The van der Waals surface area contributed by atoms with Crippen LogP contribution >= 0.6 is 0 Å². The molecule has 1 fully saturated rings. The number of nitrogens with one attached hydrogen (secondary N) is 1. The molecule has 2 aromatic rings. The summed E-state index contributed by atoms with van der Waals surface area (Å²) in [5, 5.41) is 2.97. The molecule has 1 aromatic carbocycles. The summed E-state index contributed by atoms with van der Waals surface area (Å²) in [6, 6.07) is 10.4. The molecule has 1 amide bonds. The van der Waals surface area contributed by atoms with Crippen molar-refractivity contribution in [1.29, 1.82) is 0 Å². The van der Waals surface area contributed by atoms with Crippen LogP contribution in [0.5, 0.6) is 0 Å². The minimum absolute atomic E-state index is 0.0891. The van der Waals surface area contributed by atoms with Gasteiger partial charge in [0, 0.05) is 43.8 Å². The Morgan fingerprint density at radius 1 is 1.30 bits per heavy atom. The number of aromatic nitrogens is 2. The molecule has 0 saturated carbocycles. The van der Waals surface area contributed by atoms with Crippen molar-refractivity contribution in [3.63, 3.8) is 0 Å². The minimum Gasteiger partial charge on any atom is -0.371 e. The van der Waals surface area contributed by atoms with E-state index in [1.54, 1.807) is 24.7 Å². The third-order valence-electron chi connectivity index (χ3n) is 3.96. The predicted molar refractivity (Wildman–Crippen MR) is 90.8 cm³/mol. The second kappa shape index (κ2) is 7.54. The van der Waals surface area contributed by atoms with Gasteiger partial charge in [-0.2, -0.15) is 0 Å². The van der Waals surface area contributed by atoms with Crippen molar-refractivity contribution < 1.29 is 4.79 Å². The highest BCUT2D eigenvalue weighted by molar-refractivity contribution is 5.91. The topological polar surface area (TPSA) is 58.1 Å². The Labute approximate surface area is 136 Å².